The van der Waals surface area contributed by atoms with Crippen molar-refractivity contribution < 1.29 is 27.9 Å². The Balaban J connectivity index is 1.63. The summed E-state index contributed by atoms with van der Waals surface area (Å²) in [5.74, 6) is 0.394. The minimum atomic E-state index is -4.42. The van der Waals surface area contributed by atoms with Gasteiger partial charge in [0.2, 0.25) is 18.1 Å². The zero-order valence-corrected chi connectivity index (χ0v) is 21.9. The van der Waals surface area contributed by atoms with E-state index in [1.54, 1.807) is 25.4 Å². The quantitative estimate of drug-likeness (QED) is 0.126. The molecule has 1 fully saturated rings. The highest BCUT2D eigenvalue weighted by atomic mass is 32.2. The summed E-state index contributed by atoms with van der Waals surface area (Å²) < 4.78 is 36.9. The van der Waals surface area contributed by atoms with Crippen LogP contribution >= 0.6 is 0 Å². The number of carbonyl (C=O) groups excluding carboxylic acids is 1. The largest absolute Gasteiger partial charge is 0.457 e. The van der Waals surface area contributed by atoms with Gasteiger partial charge in [-0.25, -0.2) is 8.42 Å². The first-order chi connectivity index (χ1) is 18.3. The van der Waals surface area contributed by atoms with Gasteiger partial charge in [-0.1, -0.05) is 22.7 Å². The van der Waals surface area contributed by atoms with E-state index in [2.05, 4.69) is 10.3 Å². The second kappa shape index (κ2) is 13.7. The van der Waals surface area contributed by atoms with E-state index in [0.717, 1.165) is 0 Å². The summed E-state index contributed by atoms with van der Waals surface area (Å²) in [6, 6.07) is 13.1. The number of hydrogen-bond acceptors (Lipinski definition) is 8. The highest BCUT2D eigenvalue weighted by Crippen LogP contribution is 2.28. The molecule has 1 atom stereocenters. The van der Waals surface area contributed by atoms with Crippen LogP contribution in [0.2, 0.25) is 0 Å². The zero-order valence-electron chi connectivity index (χ0n) is 21.1. The molecule has 0 spiro atoms. The van der Waals surface area contributed by atoms with Gasteiger partial charge >= 0.3 is 0 Å². The monoisotopic (exact) mass is 544 g/mol. The first kappa shape index (κ1) is 28.9. The number of guanidine groups is 1. The molecular weight excluding hydrogens is 512 g/mol. The highest BCUT2D eigenvalue weighted by Gasteiger charge is 2.36. The number of carbonyl (C=O) groups is 1. The minimum absolute atomic E-state index is 0.0515. The number of nitrogens with zero attached hydrogens (tertiary/aromatic N) is 4. The Bertz CT molecular complexity index is 1230. The number of primary amides is 1. The summed E-state index contributed by atoms with van der Waals surface area (Å²) in [6.07, 6.45) is 3.00. The van der Waals surface area contributed by atoms with Gasteiger partial charge in [0.1, 0.15) is 17.5 Å². The lowest BCUT2D eigenvalue weighted by Gasteiger charge is -2.35. The maximum absolute atomic E-state index is 13.1. The lowest BCUT2D eigenvalue weighted by atomic mass is 9.90. The number of aliphatic imine (C=N–C) groups is 1. The van der Waals surface area contributed by atoms with Crippen LogP contribution in [0.4, 0.5) is 0 Å². The fraction of sp³-hybridized carbons (Fsp3) is 0.400. The molecular formula is C25H32N6O6S. The number of hydroxylamine groups is 1. The molecule has 2 aromatic carbocycles. The van der Waals surface area contributed by atoms with Crippen molar-refractivity contribution >= 4 is 21.9 Å². The summed E-state index contributed by atoms with van der Waals surface area (Å²) in [5.41, 5.74) is 5.51. The molecule has 0 bridgehead atoms. The number of nitrogens with two attached hydrogens (primary N) is 1. The molecule has 1 saturated heterocycles. The van der Waals surface area contributed by atoms with Gasteiger partial charge in [0.15, 0.2) is 0 Å². The first-order valence-corrected chi connectivity index (χ1v) is 13.5. The maximum atomic E-state index is 13.1. The molecule has 204 valence electrons. The molecule has 4 N–H and O–H groups in total. The minimum Gasteiger partial charge on any atom is -0.457 e. The number of nitrogens with one attached hydrogen (secondary N) is 1. The molecule has 0 saturated carbocycles. The number of sulfonamides is 1. The van der Waals surface area contributed by atoms with Crippen molar-refractivity contribution in [3.8, 4) is 17.7 Å². The van der Waals surface area contributed by atoms with Crippen LogP contribution in [0.25, 0.3) is 0 Å². The number of piperidine rings is 1. The van der Waals surface area contributed by atoms with Crippen molar-refractivity contribution in [2.75, 3.05) is 33.4 Å². The van der Waals surface area contributed by atoms with E-state index in [9.17, 15) is 18.4 Å². The smallest absolute Gasteiger partial charge is 0.265 e. The van der Waals surface area contributed by atoms with Gasteiger partial charge in [0.25, 0.3) is 10.0 Å². The standard InChI is InChI=1S/C25H32N6O6S/c1-36-16-13-28-25(29-18-26)30-14-11-19(12-15-30)17-23(24(27)32)31(33)38(34,35)22-9-7-21(8-10-22)37-20-5-3-2-4-6-20/h2-10,19,23,33H,11-17H2,1H3,(H2,27,32)(H,28,29). The van der Waals surface area contributed by atoms with Crippen LogP contribution in [0.3, 0.4) is 0 Å². The van der Waals surface area contributed by atoms with Gasteiger partial charge < -0.3 is 25.4 Å². The average molecular weight is 545 g/mol. The third-order valence-electron chi connectivity index (χ3n) is 6.16. The fourth-order valence-electron chi connectivity index (χ4n) is 4.13. The molecule has 1 amide bonds. The van der Waals surface area contributed by atoms with Gasteiger partial charge in [-0.2, -0.15) is 5.26 Å². The van der Waals surface area contributed by atoms with Crippen LogP contribution in [0.15, 0.2) is 64.5 Å². The Kier molecular flexibility index (Phi) is 10.4. The van der Waals surface area contributed by atoms with Crippen LogP contribution in [-0.2, 0) is 19.6 Å². The Morgan fingerprint density at radius 2 is 1.84 bits per heavy atom. The molecule has 3 rings (SSSR count). The third-order valence-corrected chi connectivity index (χ3v) is 7.77. The normalized spacial score (nSPS) is 15.6. The molecule has 1 aliphatic rings. The van der Waals surface area contributed by atoms with E-state index in [1.165, 1.54) is 24.3 Å². The number of benzene rings is 2. The van der Waals surface area contributed by atoms with Gasteiger partial charge in [0, 0.05) is 26.7 Å². The summed E-state index contributed by atoms with van der Waals surface area (Å²) in [4.78, 5) is 17.7. The van der Waals surface area contributed by atoms with Crippen molar-refractivity contribution in [1.29, 1.82) is 5.26 Å². The predicted molar refractivity (Wildman–Crippen MR) is 139 cm³/mol. The van der Waals surface area contributed by atoms with Gasteiger partial charge in [-0.15, -0.1) is 4.99 Å². The summed E-state index contributed by atoms with van der Waals surface area (Å²) in [5, 5.41) is 22.7. The van der Waals surface area contributed by atoms with Crippen LogP contribution in [-0.4, -0.2) is 74.3 Å². The van der Waals surface area contributed by atoms with Gasteiger partial charge in [0.05, 0.1) is 11.5 Å². The van der Waals surface area contributed by atoms with Crippen molar-refractivity contribution in [1.82, 2.24) is 14.7 Å². The topological polar surface area (TPSA) is 171 Å². The molecule has 0 radical (unpaired) electrons. The summed E-state index contributed by atoms with van der Waals surface area (Å²) >= 11 is 0. The molecule has 0 aromatic heterocycles. The van der Waals surface area contributed by atoms with Gasteiger partial charge in [-0.05, 0) is 61.6 Å². The van der Waals surface area contributed by atoms with Crippen LogP contribution in [0, 0.1) is 17.4 Å². The number of para-hydroxylation sites is 1. The summed E-state index contributed by atoms with van der Waals surface area (Å²) in [6.45, 7) is 1.98. The van der Waals surface area contributed by atoms with Gasteiger partial charge in [-0.3, -0.25) is 10.0 Å². The van der Waals surface area contributed by atoms with E-state index in [0.29, 0.717) is 56.5 Å². The lowest BCUT2D eigenvalue weighted by Crippen LogP contribution is -2.49. The maximum Gasteiger partial charge on any atom is 0.265 e. The third kappa shape index (κ3) is 7.65. The van der Waals surface area contributed by atoms with Crippen LogP contribution < -0.4 is 15.8 Å². The highest BCUT2D eigenvalue weighted by molar-refractivity contribution is 7.89. The number of methoxy groups -OCH3 is 1. The van der Waals surface area contributed by atoms with Crippen LogP contribution in [0.5, 0.6) is 11.5 Å². The van der Waals surface area contributed by atoms with Crippen molar-refractivity contribution in [2.45, 2.75) is 30.2 Å². The summed E-state index contributed by atoms with van der Waals surface area (Å²) in [7, 11) is -2.85. The molecule has 1 heterocycles. The molecule has 1 unspecified atom stereocenters. The fourth-order valence-corrected chi connectivity index (χ4v) is 5.35. The molecule has 0 aliphatic carbocycles. The molecule has 38 heavy (non-hydrogen) atoms. The molecule has 13 heteroatoms. The number of amides is 1. The van der Waals surface area contributed by atoms with Crippen molar-refractivity contribution in [3.05, 3.63) is 54.6 Å². The van der Waals surface area contributed by atoms with E-state index < -0.39 is 22.0 Å². The van der Waals surface area contributed by atoms with Crippen molar-refractivity contribution in [3.63, 3.8) is 0 Å². The SMILES string of the molecule is COCCN/C(=N/C#N)N1CCC(CC(C(N)=O)N(O)S(=O)(=O)c2ccc(Oc3ccccc3)cc2)CC1. The second-order valence-electron chi connectivity index (χ2n) is 8.70. The number of hydrogen-bond donors (Lipinski definition) is 3. The Labute approximate surface area is 222 Å². The predicted octanol–water partition coefficient (Wildman–Crippen LogP) is 1.89. The number of rotatable bonds is 11. The number of nitriles is 1. The van der Waals surface area contributed by atoms with E-state index in [1.807, 2.05) is 23.1 Å². The van der Waals surface area contributed by atoms with E-state index in [-0.39, 0.29) is 21.7 Å². The second-order valence-corrected chi connectivity index (χ2v) is 10.5. The Morgan fingerprint density at radius 3 is 2.42 bits per heavy atom. The first-order valence-electron chi connectivity index (χ1n) is 12.1. The average Bonchev–Trinajstić information content (AvgIpc) is 2.92. The molecule has 2 aromatic rings. The molecule has 1 aliphatic heterocycles. The van der Waals surface area contributed by atoms with E-state index in [4.69, 9.17) is 20.5 Å². The Morgan fingerprint density at radius 1 is 1.21 bits per heavy atom. The molecule has 12 nitrogen and oxygen atoms in total. The zero-order chi connectivity index (χ0) is 27.5. The van der Waals surface area contributed by atoms with E-state index >= 15 is 0 Å². The number of likely N-dealkylation sites (tertiary alicyclic amines) is 1. The van der Waals surface area contributed by atoms with Crippen LogP contribution in [0.1, 0.15) is 19.3 Å². The number of ether oxygens (including phenoxy) is 2. The van der Waals surface area contributed by atoms with Crippen molar-refractivity contribution in [2.24, 2.45) is 16.6 Å². The lowest BCUT2D eigenvalue weighted by molar-refractivity contribution is -0.132. The Hall–Kier alpha value is -3.70.